The van der Waals surface area contributed by atoms with Crippen LogP contribution in [0.25, 0.3) is 0 Å². The SMILES string of the molecule is COc1ccc(OCC(O)CN2CCOC(c3ccccc3)C2)cc1. The van der Waals surface area contributed by atoms with Gasteiger partial charge >= 0.3 is 0 Å². The lowest BCUT2D eigenvalue weighted by Crippen LogP contribution is -2.43. The largest absolute Gasteiger partial charge is 0.497 e. The molecule has 5 heteroatoms. The van der Waals surface area contributed by atoms with Crippen LogP contribution in [0, 0.1) is 0 Å². The lowest BCUT2D eigenvalue weighted by Gasteiger charge is -2.34. The van der Waals surface area contributed by atoms with Crippen LogP contribution in [0.1, 0.15) is 11.7 Å². The molecule has 0 radical (unpaired) electrons. The molecular formula is C20H25NO4. The minimum atomic E-state index is -0.545. The van der Waals surface area contributed by atoms with E-state index in [1.165, 1.54) is 5.56 Å². The number of morpholine rings is 1. The van der Waals surface area contributed by atoms with E-state index in [0.29, 0.717) is 13.2 Å². The standard InChI is InChI=1S/C20H25NO4/c1-23-18-7-9-19(10-8-18)25-15-17(22)13-21-11-12-24-20(14-21)16-5-3-2-4-6-16/h2-10,17,20,22H,11-15H2,1H3. The van der Waals surface area contributed by atoms with Crippen molar-refractivity contribution in [3.8, 4) is 11.5 Å². The first-order valence-corrected chi connectivity index (χ1v) is 8.58. The van der Waals surface area contributed by atoms with Gasteiger partial charge < -0.3 is 19.3 Å². The fraction of sp³-hybridized carbons (Fsp3) is 0.400. The van der Waals surface area contributed by atoms with Crippen molar-refractivity contribution >= 4 is 0 Å². The van der Waals surface area contributed by atoms with Crippen LogP contribution in [-0.4, -0.2) is 56.1 Å². The second kappa shape index (κ2) is 8.85. The van der Waals surface area contributed by atoms with Crippen LogP contribution in [-0.2, 0) is 4.74 Å². The highest BCUT2D eigenvalue weighted by molar-refractivity contribution is 5.31. The van der Waals surface area contributed by atoms with Gasteiger partial charge in [-0.3, -0.25) is 4.90 Å². The van der Waals surface area contributed by atoms with E-state index in [1.54, 1.807) is 7.11 Å². The van der Waals surface area contributed by atoms with E-state index in [-0.39, 0.29) is 12.7 Å². The molecule has 1 fully saturated rings. The summed E-state index contributed by atoms with van der Waals surface area (Å²) in [7, 11) is 1.63. The molecule has 1 aliphatic heterocycles. The first kappa shape index (κ1) is 17.7. The molecule has 1 saturated heterocycles. The highest BCUT2D eigenvalue weighted by atomic mass is 16.5. The number of hydrogen-bond donors (Lipinski definition) is 1. The summed E-state index contributed by atoms with van der Waals surface area (Å²) in [5, 5.41) is 10.3. The van der Waals surface area contributed by atoms with Crippen molar-refractivity contribution in [1.29, 1.82) is 0 Å². The summed E-state index contributed by atoms with van der Waals surface area (Å²) < 4.78 is 16.6. The monoisotopic (exact) mass is 343 g/mol. The lowest BCUT2D eigenvalue weighted by atomic mass is 10.1. The fourth-order valence-electron chi connectivity index (χ4n) is 2.95. The first-order valence-electron chi connectivity index (χ1n) is 8.58. The van der Waals surface area contributed by atoms with Gasteiger partial charge in [0.2, 0.25) is 0 Å². The Labute approximate surface area is 148 Å². The quantitative estimate of drug-likeness (QED) is 0.837. The van der Waals surface area contributed by atoms with Crippen molar-refractivity contribution in [2.45, 2.75) is 12.2 Å². The average Bonchev–Trinajstić information content (AvgIpc) is 2.68. The van der Waals surface area contributed by atoms with Crippen LogP contribution in [0.2, 0.25) is 0 Å². The Kier molecular flexibility index (Phi) is 6.28. The Hall–Kier alpha value is -2.08. The van der Waals surface area contributed by atoms with Crippen LogP contribution in [0.4, 0.5) is 0 Å². The summed E-state index contributed by atoms with van der Waals surface area (Å²) in [6.07, 6.45) is -0.485. The van der Waals surface area contributed by atoms with E-state index >= 15 is 0 Å². The molecular weight excluding hydrogens is 318 g/mol. The zero-order valence-electron chi connectivity index (χ0n) is 14.5. The number of rotatable bonds is 7. The van der Waals surface area contributed by atoms with Gasteiger partial charge in [0.25, 0.3) is 0 Å². The van der Waals surface area contributed by atoms with Gasteiger partial charge in [-0.15, -0.1) is 0 Å². The van der Waals surface area contributed by atoms with Crippen molar-refractivity contribution in [1.82, 2.24) is 4.90 Å². The van der Waals surface area contributed by atoms with Crippen LogP contribution in [0.15, 0.2) is 54.6 Å². The number of methoxy groups -OCH3 is 1. The number of β-amino-alcohol motifs (C(OH)–C–C–N with tert-alkyl or cyclic N) is 1. The van der Waals surface area contributed by atoms with E-state index in [2.05, 4.69) is 17.0 Å². The average molecular weight is 343 g/mol. The van der Waals surface area contributed by atoms with Gasteiger partial charge in [-0.2, -0.15) is 0 Å². The molecule has 1 N–H and O–H groups in total. The minimum Gasteiger partial charge on any atom is -0.497 e. The van der Waals surface area contributed by atoms with E-state index in [4.69, 9.17) is 14.2 Å². The van der Waals surface area contributed by atoms with E-state index in [1.807, 2.05) is 42.5 Å². The van der Waals surface area contributed by atoms with Gasteiger partial charge in [-0.25, -0.2) is 0 Å². The normalized spacial score (nSPS) is 19.4. The highest BCUT2D eigenvalue weighted by Crippen LogP contribution is 2.22. The molecule has 0 aromatic heterocycles. The molecule has 3 rings (SSSR count). The molecule has 0 amide bonds. The van der Waals surface area contributed by atoms with Gasteiger partial charge in [-0.05, 0) is 29.8 Å². The van der Waals surface area contributed by atoms with Crippen molar-refractivity contribution in [2.75, 3.05) is 40.0 Å². The second-order valence-electron chi connectivity index (χ2n) is 6.17. The topological polar surface area (TPSA) is 51.2 Å². The van der Waals surface area contributed by atoms with Crippen LogP contribution in [0.5, 0.6) is 11.5 Å². The summed E-state index contributed by atoms with van der Waals surface area (Å²) >= 11 is 0. The van der Waals surface area contributed by atoms with E-state index in [0.717, 1.165) is 24.6 Å². The minimum absolute atomic E-state index is 0.0599. The number of aliphatic hydroxyl groups is 1. The maximum Gasteiger partial charge on any atom is 0.119 e. The lowest BCUT2D eigenvalue weighted by molar-refractivity contribution is -0.0459. The number of ether oxygens (including phenoxy) is 3. The second-order valence-corrected chi connectivity index (χ2v) is 6.17. The van der Waals surface area contributed by atoms with Crippen LogP contribution >= 0.6 is 0 Å². The van der Waals surface area contributed by atoms with Crippen molar-refractivity contribution in [3.05, 3.63) is 60.2 Å². The van der Waals surface area contributed by atoms with Crippen LogP contribution in [0.3, 0.4) is 0 Å². The van der Waals surface area contributed by atoms with Gasteiger partial charge in [0.05, 0.1) is 19.8 Å². The van der Waals surface area contributed by atoms with Crippen molar-refractivity contribution in [2.24, 2.45) is 0 Å². The summed E-state index contributed by atoms with van der Waals surface area (Å²) in [4.78, 5) is 2.23. The van der Waals surface area contributed by atoms with Gasteiger partial charge in [0.1, 0.15) is 24.2 Å². The zero-order chi connectivity index (χ0) is 17.5. The van der Waals surface area contributed by atoms with Gasteiger partial charge in [0.15, 0.2) is 0 Å². The predicted octanol–water partition coefficient (Wildman–Crippen LogP) is 2.51. The fourth-order valence-corrected chi connectivity index (χ4v) is 2.95. The molecule has 25 heavy (non-hydrogen) atoms. The highest BCUT2D eigenvalue weighted by Gasteiger charge is 2.23. The molecule has 0 bridgehead atoms. The van der Waals surface area contributed by atoms with Crippen molar-refractivity contribution < 1.29 is 19.3 Å². The number of nitrogens with zero attached hydrogens (tertiary/aromatic N) is 1. The third-order valence-corrected chi connectivity index (χ3v) is 4.29. The summed E-state index contributed by atoms with van der Waals surface area (Å²) in [5.41, 5.74) is 1.18. The van der Waals surface area contributed by atoms with Crippen LogP contribution < -0.4 is 9.47 Å². The molecule has 2 aromatic rings. The molecule has 0 spiro atoms. The number of hydrogen-bond acceptors (Lipinski definition) is 5. The first-order chi connectivity index (χ1) is 12.2. The maximum atomic E-state index is 10.3. The molecule has 1 aliphatic rings. The molecule has 2 aromatic carbocycles. The molecule has 134 valence electrons. The smallest absolute Gasteiger partial charge is 0.119 e. The Morgan fingerprint density at radius 2 is 1.84 bits per heavy atom. The summed E-state index contributed by atoms with van der Waals surface area (Å²) in [5.74, 6) is 1.51. The third kappa shape index (κ3) is 5.19. The maximum absolute atomic E-state index is 10.3. The number of aliphatic hydroxyl groups excluding tert-OH is 1. The molecule has 2 atom stereocenters. The van der Waals surface area contributed by atoms with Gasteiger partial charge in [-0.1, -0.05) is 30.3 Å². The third-order valence-electron chi connectivity index (χ3n) is 4.29. The Balaban J connectivity index is 1.46. The summed E-state index contributed by atoms with van der Waals surface area (Å²) in [6, 6.07) is 17.6. The van der Waals surface area contributed by atoms with Crippen molar-refractivity contribution in [3.63, 3.8) is 0 Å². The molecule has 0 aliphatic carbocycles. The molecule has 0 saturated carbocycles. The van der Waals surface area contributed by atoms with Gasteiger partial charge in [0, 0.05) is 19.6 Å². The Bertz CT molecular complexity index is 632. The van der Waals surface area contributed by atoms with E-state index < -0.39 is 6.10 Å². The molecule has 2 unspecified atom stereocenters. The zero-order valence-corrected chi connectivity index (χ0v) is 14.5. The van der Waals surface area contributed by atoms with E-state index in [9.17, 15) is 5.11 Å². The Morgan fingerprint density at radius 1 is 1.12 bits per heavy atom. The molecule has 5 nitrogen and oxygen atoms in total. The number of benzene rings is 2. The predicted molar refractivity (Wildman–Crippen MR) is 96.1 cm³/mol. The molecule has 1 heterocycles. The Morgan fingerprint density at radius 3 is 2.56 bits per heavy atom. The summed E-state index contributed by atoms with van der Waals surface area (Å²) in [6.45, 7) is 3.11.